The molecule has 0 bridgehead atoms. The summed E-state index contributed by atoms with van der Waals surface area (Å²) in [5, 5.41) is 9.61. The monoisotopic (exact) mass is 331 g/mol. The van der Waals surface area contributed by atoms with Gasteiger partial charge in [0.1, 0.15) is 11.4 Å². The van der Waals surface area contributed by atoms with Gasteiger partial charge in [-0.1, -0.05) is 19.1 Å². The molecule has 128 valence electrons. The Bertz CT molecular complexity index is 694. The minimum Gasteiger partial charge on any atom is -0.497 e. The van der Waals surface area contributed by atoms with E-state index in [1.807, 2.05) is 6.92 Å². The van der Waals surface area contributed by atoms with Gasteiger partial charge in [-0.05, 0) is 30.2 Å². The number of rotatable bonds is 7. The Balaban J connectivity index is 2.18. The van der Waals surface area contributed by atoms with Crippen LogP contribution in [0.15, 0.2) is 30.3 Å². The van der Waals surface area contributed by atoms with Crippen LogP contribution in [0.3, 0.4) is 0 Å². The first kappa shape index (κ1) is 17.5. The third kappa shape index (κ3) is 4.34. The first-order chi connectivity index (χ1) is 11.6. The SMILES string of the molecule is CCc1cc(C(=O)NC(CC(=O)OC)c2ccc(OC)cc2)n[nH]1. The number of esters is 1. The Hall–Kier alpha value is -2.83. The van der Waals surface area contributed by atoms with E-state index < -0.39 is 12.0 Å². The molecule has 1 aromatic heterocycles. The van der Waals surface area contributed by atoms with Crippen molar-refractivity contribution in [3.8, 4) is 5.75 Å². The Morgan fingerprint density at radius 2 is 1.96 bits per heavy atom. The number of aryl methyl sites for hydroxylation is 1. The van der Waals surface area contributed by atoms with Crippen LogP contribution in [0.5, 0.6) is 5.75 Å². The molecule has 0 radical (unpaired) electrons. The zero-order chi connectivity index (χ0) is 17.5. The molecule has 0 saturated heterocycles. The summed E-state index contributed by atoms with van der Waals surface area (Å²) in [4.78, 5) is 24.0. The predicted octanol–water partition coefficient (Wildman–Crippen LogP) is 2.01. The van der Waals surface area contributed by atoms with Gasteiger partial charge >= 0.3 is 5.97 Å². The highest BCUT2D eigenvalue weighted by Gasteiger charge is 2.21. The highest BCUT2D eigenvalue weighted by Crippen LogP contribution is 2.21. The summed E-state index contributed by atoms with van der Waals surface area (Å²) in [6, 6.07) is 8.32. The summed E-state index contributed by atoms with van der Waals surface area (Å²) < 4.78 is 9.84. The van der Waals surface area contributed by atoms with Crippen molar-refractivity contribution in [2.24, 2.45) is 0 Å². The molecule has 1 atom stereocenters. The number of H-pyrrole nitrogens is 1. The first-order valence-corrected chi connectivity index (χ1v) is 7.63. The van der Waals surface area contributed by atoms with Gasteiger partial charge in [-0.15, -0.1) is 0 Å². The lowest BCUT2D eigenvalue weighted by molar-refractivity contribution is -0.141. The van der Waals surface area contributed by atoms with Crippen LogP contribution in [0, 0.1) is 0 Å². The maximum absolute atomic E-state index is 12.4. The smallest absolute Gasteiger partial charge is 0.307 e. The van der Waals surface area contributed by atoms with E-state index in [1.54, 1.807) is 37.4 Å². The first-order valence-electron chi connectivity index (χ1n) is 7.63. The lowest BCUT2D eigenvalue weighted by Crippen LogP contribution is -2.30. The molecule has 1 heterocycles. The van der Waals surface area contributed by atoms with E-state index in [2.05, 4.69) is 15.5 Å². The molecule has 2 N–H and O–H groups in total. The summed E-state index contributed by atoms with van der Waals surface area (Å²) in [5.74, 6) is -0.0650. The zero-order valence-corrected chi connectivity index (χ0v) is 14.0. The molecule has 1 aromatic carbocycles. The van der Waals surface area contributed by atoms with Crippen molar-refractivity contribution < 1.29 is 19.1 Å². The van der Waals surface area contributed by atoms with Crippen LogP contribution in [-0.4, -0.2) is 36.3 Å². The number of carbonyl (C=O) groups is 2. The topological polar surface area (TPSA) is 93.3 Å². The maximum Gasteiger partial charge on any atom is 0.307 e. The van der Waals surface area contributed by atoms with E-state index in [-0.39, 0.29) is 18.0 Å². The zero-order valence-electron chi connectivity index (χ0n) is 14.0. The third-order valence-electron chi connectivity index (χ3n) is 3.67. The number of hydrogen-bond acceptors (Lipinski definition) is 5. The van der Waals surface area contributed by atoms with Crippen LogP contribution in [0.25, 0.3) is 0 Å². The standard InChI is InChI=1S/C17H21N3O4/c1-4-12-9-15(20-19-12)17(22)18-14(10-16(21)24-3)11-5-7-13(23-2)8-6-11/h5-9,14H,4,10H2,1-3H3,(H,18,22)(H,19,20). The Morgan fingerprint density at radius 3 is 2.50 bits per heavy atom. The van der Waals surface area contributed by atoms with Gasteiger partial charge in [-0.2, -0.15) is 5.10 Å². The van der Waals surface area contributed by atoms with Crippen molar-refractivity contribution in [2.75, 3.05) is 14.2 Å². The maximum atomic E-state index is 12.4. The van der Waals surface area contributed by atoms with Gasteiger partial charge in [0.05, 0.1) is 26.7 Å². The molecule has 0 fully saturated rings. The fourth-order valence-corrected chi connectivity index (χ4v) is 2.23. The van der Waals surface area contributed by atoms with Crippen LogP contribution in [0.1, 0.15) is 41.1 Å². The molecule has 7 nitrogen and oxygen atoms in total. The van der Waals surface area contributed by atoms with Gasteiger partial charge in [0, 0.05) is 5.69 Å². The quantitative estimate of drug-likeness (QED) is 0.757. The summed E-state index contributed by atoms with van der Waals surface area (Å²) in [6.45, 7) is 1.96. The fourth-order valence-electron chi connectivity index (χ4n) is 2.23. The van der Waals surface area contributed by atoms with E-state index in [1.165, 1.54) is 7.11 Å². The summed E-state index contributed by atoms with van der Waals surface area (Å²) in [7, 11) is 2.89. The Kier molecular flexibility index (Phi) is 5.95. The lowest BCUT2D eigenvalue weighted by atomic mass is 10.0. The summed E-state index contributed by atoms with van der Waals surface area (Å²) in [6.07, 6.45) is 0.782. The van der Waals surface area contributed by atoms with Crippen LogP contribution < -0.4 is 10.1 Å². The van der Waals surface area contributed by atoms with Gasteiger partial charge in [0.15, 0.2) is 0 Å². The molecule has 2 aromatic rings. The van der Waals surface area contributed by atoms with E-state index in [4.69, 9.17) is 9.47 Å². The van der Waals surface area contributed by atoms with Crippen molar-refractivity contribution in [2.45, 2.75) is 25.8 Å². The van der Waals surface area contributed by atoms with Crippen LogP contribution in [0.2, 0.25) is 0 Å². The molecule has 0 saturated carbocycles. The Morgan fingerprint density at radius 1 is 1.25 bits per heavy atom. The van der Waals surface area contributed by atoms with Gasteiger partial charge in [-0.25, -0.2) is 0 Å². The highest BCUT2D eigenvalue weighted by atomic mass is 16.5. The molecule has 1 unspecified atom stereocenters. The average molecular weight is 331 g/mol. The summed E-state index contributed by atoms with van der Waals surface area (Å²) in [5.41, 5.74) is 1.94. The molecule has 24 heavy (non-hydrogen) atoms. The number of hydrogen-bond donors (Lipinski definition) is 2. The summed E-state index contributed by atoms with van der Waals surface area (Å²) >= 11 is 0. The highest BCUT2D eigenvalue weighted by molar-refractivity contribution is 5.93. The van der Waals surface area contributed by atoms with Gasteiger partial charge in [-0.3, -0.25) is 14.7 Å². The molecular formula is C17H21N3O4. The van der Waals surface area contributed by atoms with Crippen LogP contribution in [0.4, 0.5) is 0 Å². The second-order valence-corrected chi connectivity index (χ2v) is 5.21. The lowest BCUT2D eigenvalue weighted by Gasteiger charge is -2.18. The molecule has 0 spiro atoms. The second-order valence-electron chi connectivity index (χ2n) is 5.21. The fraction of sp³-hybridized carbons (Fsp3) is 0.353. The van der Waals surface area contributed by atoms with Gasteiger partial charge in [0.2, 0.25) is 0 Å². The van der Waals surface area contributed by atoms with Crippen molar-refractivity contribution in [3.05, 3.63) is 47.3 Å². The third-order valence-corrected chi connectivity index (χ3v) is 3.67. The minimum atomic E-state index is -0.516. The number of benzene rings is 1. The number of methoxy groups -OCH3 is 2. The number of amides is 1. The van der Waals surface area contributed by atoms with E-state index in [0.717, 1.165) is 17.7 Å². The number of nitrogens with one attached hydrogen (secondary N) is 2. The molecule has 2 rings (SSSR count). The molecule has 0 aliphatic heterocycles. The average Bonchev–Trinajstić information content (AvgIpc) is 3.10. The molecular weight excluding hydrogens is 310 g/mol. The number of aromatic amines is 1. The Labute approximate surface area is 140 Å². The molecule has 0 aliphatic carbocycles. The van der Waals surface area contributed by atoms with E-state index >= 15 is 0 Å². The number of carbonyl (C=O) groups excluding carboxylic acids is 2. The molecule has 1 amide bonds. The minimum absolute atomic E-state index is 0.0274. The molecule has 7 heteroatoms. The van der Waals surface area contributed by atoms with Crippen LogP contribution in [-0.2, 0) is 16.0 Å². The van der Waals surface area contributed by atoms with Crippen molar-refractivity contribution >= 4 is 11.9 Å². The largest absolute Gasteiger partial charge is 0.497 e. The number of nitrogens with zero attached hydrogens (tertiary/aromatic N) is 1. The van der Waals surface area contributed by atoms with Gasteiger partial charge < -0.3 is 14.8 Å². The van der Waals surface area contributed by atoms with Crippen molar-refractivity contribution in [1.29, 1.82) is 0 Å². The van der Waals surface area contributed by atoms with Crippen molar-refractivity contribution in [3.63, 3.8) is 0 Å². The van der Waals surface area contributed by atoms with Gasteiger partial charge in [0.25, 0.3) is 5.91 Å². The normalized spacial score (nSPS) is 11.6. The second kappa shape index (κ2) is 8.14. The number of ether oxygens (including phenoxy) is 2. The van der Waals surface area contributed by atoms with Crippen LogP contribution >= 0.6 is 0 Å². The predicted molar refractivity (Wildman–Crippen MR) is 87.8 cm³/mol. The van der Waals surface area contributed by atoms with Crippen molar-refractivity contribution in [1.82, 2.24) is 15.5 Å². The van der Waals surface area contributed by atoms with E-state index in [9.17, 15) is 9.59 Å². The molecule has 0 aliphatic rings. The number of aromatic nitrogens is 2. The van der Waals surface area contributed by atoms with E-state index in [0.29, 0.717) is 5.75 Å².